The van der Waals surface area contributed by atoms with E-state index in [0.717, 1.165) is 25.8 Å². The Hall–Kier alpha value is -0.570. The maximum Gasteiger partial charge on any atom is 0.241 e. The van der Waals surface area contributed by atoms with Crippen LogP contribution in [0.4, 0.5) is 0 Å². The molecule has 0 bridgehead atoms. The Morgan fingerprint density at radius 2 is 1.94 bits per heavy atom. The molecule has 0 spiro atoms. The van der Waals surface area contributed by atoms with Gasteiger partial charge >= 0.3 is 0 Å². The highest BCUT2D eigenvalue weighted by molar-refractivity contribution is 5.84. The highest BCUT2D eigenvalue weighted by Crippen LogP contribution is 2.19. The first-order chi connectivity index (χ1) is 8.60. The molecule has 1 rings (SSSR count). The third-order valence-electron chi connectivity index (χ3n) is 3.70. The summed E-state index contributed by atoms with van der Waals surface area (Å²) in [5.74, 6) is 0.899. The molecular formula is C15H30N2O. The second kappa shape index (κ2) is 7.78. The lowest BCUT2D eigenvalue weighted by Crippen LogP contribution is -2.37. The van der Waals surface area contributed by atoms with Crippen LogP contribution in [0, 0.1) is 5.92 Å². The highest BCUT2D eigenvalue weighted by Gasteiger charge is 2.37. The Labute approximate surface area is 112 Å². The molecule has 2 atom stereocenters. The van der Waals surface area contributed by atoms with Gasteiger partial charge in [-0.15, -0.1) is 0 Å². The molecule has 1 aliphatic rings. The van der Waals surface area contributed by atoms with E-state index in [-0.39, 0.29) is 12.2 Å². The van der Waals surface area contributed by atoms with Crippen molar-refractivity contribution in [2.24, 2.45) is 5.92 Å². The molecule has 3 heteroatoms. The van der Waals surface area contributed by atoms with Crippen LogP contribution in [0.15, 0.2) is 0 Å². The Balaban J connectivity index is 2.46. The van der Waals surface area contributed by atoms with Gasteiger partial charge in [0.25, 0.3) is 0 Å². The fraction of sp³-hybridized carbons (Fsp3) is 0.933. The molecule has 3 nitrogen and oxygen atoms in total. The molecule has 0 aromatic heterocycles. The highest BCUT2D eigenvalue weighted by atomic mass is 16.2. The first-order valence-electron chi connectivity index (χ1n) is 7.66. The fourth-order valence-corrected chi connectivity index (χ4v) is 2.70. The van der Waals surface area contributed by atoms with Gasteiger partial charge in [0.2, 0.25) is 5.91 Å². The summed E-state index contributed by atoms with van der Waals surface area (Å²) in [6, 6.07) is 0.0566. The first kappa shape index (κ1) is 15.5. The van der Waals surface area contributed by atoms with Crippen LogP contribution in [0.1, 0.15) is 66.2 Å². The summed E-state index contributed by atoms with van der Waals surface area (Å²) < 4.78 is 0. The van der Waals surface area contributed by atoms with Gasteiger partial charge < -0.3 is 4.90 Å². The third-order valence-corrected chi connectivity index (χ3v) is 3.70. The van der Waals surface area contributed by atoms with Gasteiger partial charge in [-0.2, -0.15) is 0 Å². The minimum atomic E-state index is 0.0566. The molecule has 1 fully saturated rings. The average Bonchev–Trinajstić information content (AvgIpc) is 2.62. The Morgan fingerprint density at radius 3 is 2.50 bits per heavy atom. The molecule has 1 aliphatic heterocycles. The molecule has 2 unspecified atom stereocenters. The molecule has 0 aromatic carbocycles. The van der Waals surface area contributed by atoms with Gasteiger partial charge in [0.15, 0.2) is 0 Å². The SMILES string of the molecule is CCCCCCN1C(=O)C(CC(C)C)NC1CC. The van der Waals surface area contributed by atoms with Crippen LogP contribution in [0.25, 0.3) is 0 Å². The van der Waals surface area contributed by atoms with Crippen LogP contribution in [-0.2, 0) is 4.79 Å². The van der Waals surface area contributed by atoms with Gasteiger partial charge in [-0.1, -0.05) is 47.0 Å². The number of carbonyl (C=O) groups is 1. The minimum Gasteiger partial charge on any atom is -0.326 e. The molecule has 18 heavy (non-hydrogen) atoms. The predicted octanol–water partition coefficient (Wildman–Crippen LogP) is 3.15. The van der Waals surface area contributed by atoms with Crippen LogP contribution in [0.5, 0.6) is 0 Å². The van der Waals surface area contributed by atoms with E-state index < -0.39 is 0 Å². The summed E-state index contributed by atoms with van der Waals surface area (Å²) in [4.78, 5) is 14.4. The van der Waals surface area contributed by atoms with E-state index in [1.54, 1.807) is 0 Å². The van der Waals surface area contributed by atoms with Crippen molar-refractivity contribution in [3.63, 3.8) is 0 Å². The normalized spacial score (nSPS) is 24.3. The number of hydrogen-bond acceptors (Lipinski definition) is 2. The lowest BCUT2D eigenvalue weighted by molar-refractivity contribution is -0.130. The predicted molar refractivity (Wildman–Crippen MR) is 76.3 cm³/mol. The molecule has 1 amide bonds. The molecule has 1 saturated heterocycles. The van der Waals surface area contributed by atoms with Gasteiger partial charge in [0, 0.05) is 6.54 Å². The van der Waals surface area contributed by atoms with Crippen molar-refractivity contribution in [2.45, 2.75) is 78.4 Å². The summed E-state index contributed by atoms with van der Waals surface area (Å²) in [5, 5.41) is 3.49. The number of unbranched alkanes of at least 4 members (excludes halogenated alkanes) is 3. The van der Waals surface area contributed by atoms with Crippen molar-refractivity contribution in [1.29, 1.82) is 0 Å². The molecule has 0 radical (unpaired) electrons. The van der Waals surface area contributed by atoms with Gasteiger partial charge in [-0.05, 0) is 25.2 Å². The number of nitrogens with zero attached hydrogens (tertiary/aromatic N) is 1. The summed E-state index contributed by atoms with van der Waals surface area (Å²) in [6.07, 6.45) is 7.15. The van der Waals surface area contributed by atoms with E-state index in [4.69, 9.17) is 0 Å². The molecular weight excluding hydrogens is 224 g/mol. The standard InChI is InChI=1S/C15H30N2O/c1-5-7-8-9-10-17-14(6-2)16-13(15(17)18)11-12(3)4/h12-14,16H,5-11H2,1-4H3. The van der Waals surface area contributed by atoms with E-state index in [2.05, 4.69) is 37.9 Å². The maximum atomic E-state index is 12.3. The van der Waals surface area contributed by atoms with Crippen molar-refractivity contribution in [3.8, 4) is 0 Å². The zero-order valence-electron chi connectivity index (χ0n) is 12.5. The lowest BCUT2D eigenvalue weighted by atomic mass is 10.0. The van der Waals surface area contributed by atoms with Gasteiger partial charge in [0.1, 0.15) is 0 Å². The summed E-state index contributed by atoms with van der Waals surface area (Å²) in [5.41, 5.74) is 0. The second-order valence-corrected chi connectivity index (χ2v) is 5.87. The van der Waals surface area contributed by atoms with E-state index in [9.17, 15) is 4.79 Å². The van der Waals surface area contributed by atoms with Crippen molar-refractivity contribution in [1.82, 2.24) is 10.2 Å². The maximum absolute atomic E-state index is 12.3. The van der Waals surface area contributed by atoms with E-state index in [1.165, 1.54) is 19.3 Å². The monoisotopic (exact) mass is 254 g/mol. The smallest absolute Gasteiger partial charge is 0.241 e. The summed E-state index contributed by atoms with van der Waals surface area (Å²) in [6.45, 7) is 9.66. The van der Waals surface area contributed by atoms with Crippen LogP contribution in [0.3, 0.4) is 0 Å². The van der Waals surface area contributed by atoms with Crippen LogP contribution < -0.4 is 5.32 Å². The van der Waals surface area contributed by atoms with E-state index in [1.807, 2.05) is 0 Å². The quantitative estimate of drug-likeness (QED) is 0.675. The number of amides is 1. The molecule has 0 saturated carbocycles. The molecule has 1 heterocycles. The van der Waals surface area contributed by atoms with Crippen molar-refractivity contribution in [2.75, 3.05) is 6.54 Å². The Kier molecular flexibility index (Phi) is 6.69. The summed E-state index contributed by atoms with van der Waals surface area (Å²) >= 11 is 0. The molecule has 0 aromatic rings. The van der Waals surface area contributed by atoms with Crippen LogP contribution in [0.2, 0.25) is 0 Å². The Bertz CT molecular complexity index is 253. The minimum absolute atomic E-state index is 0.0566. The number of hydrogen-bond donors (Lipinski definition) is 1. The van der Waals surface area contributed by atoms with Gasteiger partial charge in [-0.25, -0.2) is 0 Å². The van der Waals surface area contributed by atoms with Crippen LogP contribution in [-0.4, -0.2) is 29.6 Å². The lowest BCUT2D eigenvalue weighted by Gasteiger charge is -2.22. The Morgan fingerprint density at radius 1 is 1.22 bits per heavy atom. The van der Waals surface area contributed by atoms with Gasteiger partial charge in [-0.3, -0.25) is 10.1 Å². The second-order valence-electron chi connectivity index (χ2n) is 5.87. The summed E-state index contributed by atoms with van der Waals surface area (Å²) in [7, 11) is 0. The van der Waals surface area contributed by atoms with E-state index in [0.29, 0.717) is 11.8 Å². The van der Waals surface area contributed by atoms with Crippen molar-refractivity contribution in [3.05, 3.63) is 0 Å². The molecule has 0 aliphatic carbocycles. The zero-order chi connectivity index (χ0) is 13.5. The molecule has 106 valence electrons. The fourth-order valence-electron chi connectivity index (χ4n) is 2.70. The topological polar surface area (TPSA) is 32.3 Å². The molecule has 1 N–H and O–H groups in total. The number of nitrogens with one attached hydrogen (secondary N) is 1. The van der Waals surface area contributed by atoms with Gasteiger partial charge in [0.05, 0.1) is 12.2 Å². The van der Waals surface area contributed by atoms with Crippen molar-refractivity contribution < 1.29 is 4.79 Å². The third kappa shape index (κ3) is 4.27. The number of rotatable bonds is 8. The average molecular weight is 254 g/mol. The van der Waals surface area contributed by atoms with E-state index >= 15 is 0 Å². The number of carbonyl (C=O) groups excluding carboxylic acids is 1. The van der Waals surface area contributed by atoms with Crippen LogP contribution >= 0.6 is 0 Å². The first-order valence-corrected chi connectivity index (χ1v) is 7.66. The zero-order valence-corrected chi connectivity index (χ0v) is 12.5. The largest absolute Gasteiger partial charge is 0.326 e. The van der Waals surface area contributed by atoms with Crippen molar-refractivity contribution >= 4 is 5.91 Å².